The van der Waals surface area contributed by atoms with Crippen molar-refractivity contribution in [3.63, 3.8) is 0 Å². The van der Waals surface area contributed by atoms with Crippen LogP contribution in [0.5, 0.6) is 0 Å². The van der Waals surface area contributed by atoms with Crippen LogP contribution >= 0.6 is 27.5 Å². The van der Waals surface area contributed by atoms with Crippen LogP contribution in [0.15, 0.2) is 27.6 Å². The lowest BCUT2D eigenvalue weighted by atomic mass is 10.3. The summed E-state index contributed by atoms with van der Waals surface area (Å²) in [6, 6.07) is 4.93. The molecule has 0 radical (unpaired) electrons. The Morgan fingerprint density at radius 1 is 1.35 bits per heavy atom. The van der Waals surface area contributed by atoms with Crippen molar-refractivity contribution in [3.05, 3.63) is 27.7 Å². The van der Waals surface area contributed by atoms with E-state index in [-0.39, 0.29) is 9.92 Å². The molecule has 2 rings (SSSR count). The first-order valence-corrected chi connectivity index (χ1v) is 9.03. The van der Waals surface area contributed by atoms with Crippen molar-refractivity contribution in [2.24, 2.45) is 0 Å². The molecule has 1 heterocycles. The summed E-state index contributed by atoms with van der Waals surface area (Å²) < 4.78 is 27.6. The van der Waals surface area contributed by atoms with Crippen molar-refractivity contribution < 1.29 is 8.42 Å². The molecule has 1 aliphatic rings. The fourth-order valence-electron chi connectivity index (χ4n) is 2.08. The number of halogens is 2. The van der Waals surface area contributed by atoms with Gasteiger partial charge in [-0.3, -0.25) is 4.90 Å². The maximum absolute atomic E-state index is 12.3. The number of rotatable bonds is 5. The average Bonchev–Trinajstić information content (AvgIpc) is 2.39. The van der Waals surface area contributed by atoms with Crippen LogP contribution in [0.2, 0.25) is 5.02 Å². The molecule has 1 saturated heterocycles. The lowest BCUT2D eigenvalue weighted by molar-refractivity contribution is 0.245. The molecule has 1 aromatic carbocycles. The van der Waals surface area contributed by atoms with E-state index in [1.807, 2.05) is 0 Å². The standard InChI is InChI=1S/C12H17BrClN3O2S/c13-10-2-1-3-11(14)12(10)20(18,19)16-6-9-17-7-4-15-5-8-17/h1-3,15-16H,4-9H2. The first-order chi connectivity index (χ1) is 9.50. The van der Waals surface area contributed by atoms with Gasteiger partial charge in [-0.25, -0.2) is 13.1 Å². The van der Waals surface area contributed by atoms with E-state index in [4.69, 9.17) is 11.6 Å². The van der Waals surface area contributed by atoms with Gasteiger partial charge in [0.05, 0.1) is 5.02 Å². The third-order valence-corrected chi connectivity index (χ3v) is 6.03. The minimum Gasteiger partial charge on any atom is -0.314 e. The van der Waals surface area contributed by atoms with Gasteiger partial charge in [0.25, 0.3) is 0 Å². The smallest absolute Gasteiger partial charge is 0.243 e. The van der Waals surface area contributed by atoms with E-state index in [0.717, 1.165) is 26.2 Å². The van der Waals surface area contributed by atoms with E-state index in [9.17, 15) is 8.42 Å². The molecule has 0 bridgehead atoms. The third-order valence-electron chi connectivity index (χ3n) is 3.12. The second-order valence-electron chi connectivity index (χ2n) is 4.54. The quantitative estimate of drug-likeness (QED) is 0.805. The molecule has 5 nitrogen and oxygen atoms in total. The molecular formula is C12H17BrClN3O2S. The molecule has 0 saturated carbocycles. The Hall–Kier alpha value is -0.180. The molecule has 8 heteroatoms. The summed E-state index contributed by atoms with van der Waals surface area (Å²) in [4.78, 5) is 2.32. The molecule has 1 fully saturated rings. The molecule has 1 aromatic rings. The topological polar surface area (TPSA) is 61.4 Å². The zero-order chi connectivity index (χ0) is 14.6. The van der Waals surface area contributed by atoms with Crippen LogP contribution in [-0.4, -0.2) is 52.6 Å². The Labute approximate surface area is 132 Å². The van der Waals surface area contributed by atoms with Gasteiger partial charge in [0, 0.05) is 43.7 Å². The van der Waals surface area contributed by atoms with Crippen LogP contribution in [0, 0.1) is 0 Å². The molecule has 0 aliphatic carbocycles. The summed E-state index contributed by atoms with van der Waals surface area (Å²) in [6.45, 7) is 4.85. The fraction of sp³-hybridized carbons (Fsp3) is 0.500. The summed E-state index contributed by atoms with van der Waals surface area (Å²) in [5.74, 6) is 0. The molecular weight excluding hydrogens is 366 g/mol. The Bertz CT molecular complexity index is 542. The first kappa shape index (κ1) is 16.2. The van der Waals surface area contributed by atoms with E-state index in [2.05, 4.69) is 30.9 Å². The summed E-state index contributed by atoms with van der Waals surface area (Å²) >= 11 is 9.20. The van der Waals surface area contributed by atoms with Crippen molar-refractivity contribution >= 4 is 37.6 Å². The number of nitrogens with one attached hydrogen (secondary N) is 2. The first-order valence-electron chi connectivity index (χ1n) is 6.37. The molecule has 0 spiro atoms. The van der Waals surface area contributed by atoms with Crippen molar-refractivity contribution in [2.45, 2.75) is 4.90 Å². The number of nitrogens with zero attached hydrogens (tertiary/aromatic N) is 1. The lowest BCUT2D eigenvalue weighted by Gasteiger charge is -2.27. The Balaban J connectivity index is 1.97. The molecule has 1 aliphatic heterocycles. The van der Waals surface area contributed by atoms with Gasteiger partial charge in [-0.1, -0.05) is 17.7 Å². The zero-order valence-corrected chi connectivity index (χ0v) is 14.1. The molecule has 0 unspecified atom stereocenters. The predicted molar refractivity (Wildman–Crippen MR) is 83.7 cm³/mol. The van der Waals surface area contributed by atoms with Gasteiger partial charge >= 0.3 is 0 Å². The van der Waals surface area contributed by atoms with E-state index >= 15 is 0 Å². The number of benzene rings is 1. The van der Waals surface area contributed by atoms with Crippen LogP contribution < -0.4 is 10.0 Å². The second-order valence-corrected chi connectivity index (χ2v) is 7.51. The number of hydrogen-bond donors (Lipinski definition) is 2. The van der Waals surface area contributed by atoms with Crippen molar-refractivity contribution in [1.82, 2.24) is 14.9 Å². The van der Waals surface area contributed by atoms with Crippen molar-refractivity contribution in [2.75, 3.05) is 39.3 Å². The molecule has 112 valence electrons. The monoisotopic (exact) mass is 381 g/mol. The van der Waals surface area contributed by atoms with Gasteiger partial charge in [0.2, 0.25) is 10.0 Å². The SMILES string of the molecule is O=S(=O)(NCCN1CCNCC1)c1c(Cl)cccc1Br. The van der Waals surface area contributed by atoms with Crippen LogP contribution in [-0.2, 0) is 10.0 Å². The van der Waals surface area contributed by atoms with Gasteiger partial charge in [-0.2, -0.15) is 0 Å². The molecule has 20 heavy (non-hydrogen) atoms. The Morgan fingerprint density at radius 2 is 2.05 bits per heavy atom. The number of piperazine rings is 1. The second kappa shape index (κ2) is 7.20. The van der Waals surface area contributed by atoms with Crippen LogP contribution in [0.1, 0.15) is 0 Å². The highest BCUT2D eigenvalue weighted by Crippen LogP contribution is 2.28. The van der Waals surface area contributed by atoms with E-state index in [1.165, 1.54) is 0 Å². The maximum atomic E-state index is 12.3. The summed E-state index contributed by atoms with van der Waals surface area (Å²) in [6.07, 6.45) is 0. The number of sulfonamides is 1. The minimum absolute atomic E-state index is 0.0991. The zero-order valence-electron chi connectivity index (χ0n) is 10.9. The summed E-state index contributed by atoms with van der Waals surface area (Å²) in [5, 5.41) is 3.47. The maximum Gasteiger partial charge on any atom is 0.243 e. The fourth-order valence-corrected chi connectivity index (χ4v) is 4.84. The van der Waals surface area contributed by atoms with Crippen LogP contribution in [0.3, 0.4) is 0 Å². The highest BCUT2D eigenvalue weighted by molar-refractivity contribution is 9.10. The van der Waals surface area contributed by atoms with Gasteiger partial charge in [0.1, 0.15) is 4.90 Å². The minimum atomic E-state index is -3.59. The van der Waals surface area contributed by atoms with E-state index in [1.54, 1.807) is 18.2 Å². The Morgan fingerprint density at radius 3 is 2.70 bits per heavy atom. The van der Waals surface area contributed by atoms with Crippen LogP contribution in [0.4, 0.5) is 0 Å². The lowest BCUT2D eigenvalue weighted by Crippen LogP contribution is -2.46. The predicted octanol–water partition coefficient (Wildman–Crippen LogP) is 1.29. The highest BCUT2D eigenvalue weighted by Gasteiger charge is 2.21. The molecule has 0 amide bonds. The molecule has 2 N–H and O–H groups in total. The number of hydrogen-bond acceptors (Lipinski definition) is 4. The summed E-state index contributed by atoms with van der Waals surface area (Å²) in [7, 11) is -3.59. The summed E-state index contributed by atoms with van der Waals surface area (Å²) in [5.41, 5.74) is 0. The van der Waals surface area contributed by atoms with Gasteiger partial charge < -0.3 is 5.32 Å². The average molecular weight is 383 g/mol. The van der Waals surface area contributed by atoms with Gasteiger partial charge in [-0.15, -0.1) is 0 Å². The highest BCUT2D eigenvalue weighted by atomic mass is 79.9. The molecule has 0 atom stereocenters. The van der Waals surface area contributed by atoms with Crippen molar-refractivity contribution in [1.29, 1.82) is 0 Å². The van der Waals surface area contributed by atoms with Crippen molar-refractivity contribution in [3.8, 4) is 0 Å². The molecule has 0 aromatic heterocycles. The van der Waals surface area contributed by atoms with E-state index < -0.39 is 10.0 Å². The Kier molecular flexibility index (Phi) is 5.83. The van der Waals surface area contributed by atoms with Crippen LogP contribution in [0.25, 0.3) is 0 Å². The normalized spacial score (nSPS) is 17.3. The van der Waals surface area contributed by atoms with E-state index in [0.29, 0.717) is 17.6 Å². The van der Waals surface area contributed by atoms with Gasteiger partial charge in [-0.05, 0) is 28.1 Å². The van der Waals surface area contributed by atoms with Gasteiger partial charge in [0.15, 0.2) is 0 Å². The largest absolute Gasteiger partial charge is 0.314 e. The third kappa shape index (κ3) is 4.16.